The summed E-state index contributed by atoms with van der Waals surface area (Å²) in [5, 5.41) is 1.77. The zero-order chi connectivity index (χ0) is 20.4. The maximum atomic E-state index is 13.5. The molecule has 1 fully saturated rings. The third-order valence-electron chi connectivity index (χ3n) is 5.90. The molecule has 1 aliphatic heterocycles. The second kappa shape index (κ2) is 8.17. The molecule has 1 heterocycles. The van der Waals surface area contributed by atoms with Gasteiger partial charge in [-0.3, -0.25) is 0 Å². The molecule has 5 heteroatoms. The van der Waals surface area contributed by atoms with E-state index in [1.165, 1.54) is 5.56 Å². The van der Waals surface area contributed by atoms with Crippen molar-refractivity contribution >= 4 is 26.5 Å². The van der Waals surface area contributed by atoms with Crippen LogP contribution in [-0.4, -0.2) is 39.9 Å². The SMILES string of the molecule is CN(C)c1cccc2c(S(=O)(=O)N3CCC(Cc4ccccc4)CC3)cccc12. The highest BCUT2D eigenvalue weighted by Gasteiger charge is 2.30. The van der Waals surface area contributed by atoms with E-state index in [-0.39, 0.29) is 0 Å². The largest absolute Gasteiger partial charge is 0.377 e. The Bertz CT molecular complexity index is 1090. The third kappa shape index (κ3) is 4.02. The van der Waals surface area contributed by atoms with Crippen LogP contribution in [0.1, 0.15) is 18.4 Å². The molecule has 0 saturated carbocycles. The van der Waals surface area contributed by atoms with Gasteiger partial charge >= 0.3 is 0 Å². The maximum Gasteiger partial charge on any atom is 0.243 e. The first-order chi connectivity index (χ1) is 14.0. The van der Waals surface area contributed by atoms with Gasteiger partial charge in [0.05, 0.1) is 4.90 Å². The molecule has 3 aromatic carbocycles. The lowest BCUT2D eigenvalue weighted by Crippen LogP contribution is -2.38. The Hall–Kier alpha value is -2.37. The highest BCUT2D eigenvalue weighted by Crippen LogP contribution is 2.33. The van der Waals surface area contributed by atoms with Gasteiger partial charge in [-0.2, -0.15) is 4.31 Å². The Morgan fingerprint density at radius 3 is 2.21 bits per heavy atom. The van der Waals surface area contributed by atoms with E-state index in [9.17, 15) is 8.42 Å². The molecule has 0 N–H and O–H groups in total. The highest BCUT2D eigenvalue weighted by molar-refractivity contribution is 7.89. The molecule has 3 aromatic rings. The fourth-order valence-electron chi connectivity index (χ4n) is 4.32. The maximum absolute atomic E-state index is 13.5. The van der Waals surface area contributed by atoms with Gasteiger partial charge in [-0.25, -0.2) is 8.42 Å². The second-order valence-corrected chi connectivity index (χ2v) is 9.97. The molecular weight excluding hydrogens is 380 g/mol. The fraction of sp³-hybridized carbons (Fsp3) is 0.333. The van der Waals surface area contributed by atoms with Crippen LogP contribution in [0.4, 0.5) is 5.69 Å². The van der Waals surface area contributed by atoms with E-state index in [4.69, 9.17) is 0 Å². The Balaban J connectivity index is 1.56. The summed E-state index contributed by atoms with van der Waals surface area (Å²) in [4.78, 5) is 2.44. The van der Waals surface area contributed by atoms with Gasteiger partial charge in [0.25, 0.3) is 0 Å². The third-order valence-corrected chi connectivity index (χ3v) is 7.86. The summed E-state index contributed by atoms with van der Waals surface area (Å²) < 4.78 is 28.6. The lowest BCUT2D eigenvalue weighted by atomic mass is 9.91. The number of benzene rings is 3. The number of piperidine rings is 1. The van der Waals surface area contributed by atoms with Gasteiger partial charge in [0, 0.05) is 43.6 Å². The number of hydrogen-bond donors (Lipinski definition) is 0. The predicted octanol–water partition coefficient (Wildman–Crippen LogP) is 4.55. The van der Waals surface area contributed by atoms with Gasteiger partial charge < -0.3 is 4.90 Å². The first-order valence-corrected chi connectivity index (χ1v) is 11.6. The molecule has 0 spiro atoms. The van der Waals surface area contributed by atoms with Crippen molar-refractivity contribution in [2.45, 2.75) is 24.2 Å². The summed E-state index contributed by atoms with van der Waals surface area (Å²) >= 11 is 0. The lowest BCUT2D eigenvalue weighted by molar-refractivity contribution is 0.273. The zero-order valence-electron chi connectivity index (χ0n) is 17.1. The van der Waals surface area contributed by atoms with E-state index in [1.807, 2.05) is 55.4 Å². The normalized spacial score (nSPS) is 16.2. The van der Waals surface area contributed by atoms with Crippen LogP contribution < -0.4 is 4.90 Å². The van der Waals surface area contributed by atoms with Crippen molar-refractivity contribution in [1.29, 1.82) is 0 Å². The van der Waals surface area contributed by atoms with Crippen molar-refractivity contribution in [2.75, 3.05) is 32.1 Å². The number of anilines is 1. The standard InChI is InChI=1S/C24H28N2O2S/c1-25(2)23-12-6-11-22-21(23)10-7-13-24(22)29(27,28)26-16-14-20(15-17-26)18-19-8-4-3-5-9-19/h3-13,20H,14-18H2,1-2H3. The van der Waals surface area contributed by atoms with Crippen molar-refractivity contribution in [2.24, 2.45) is 5.92 Å². The van der Waals surface area contributed by atoms with E-state index in [1.54, 1.807) is 10.4 Å². The Morgan fingerprint density at radius 1 is 0.862 bits per heavy atom. The minimum Gasteiger partial charge on any atom is -0.377 e. The van der Waals surface area contributed by atoms with Crippen molar-refractivity contribution in [3.63, 3.8) is 0 Å². The molecule has 29 heavy (non-hydrogen) atoms. The number of hydrogen-bond acceptors (Lipinski definition) is 3. The number of rotatable bonds is 5. The molecule has 0 amide bonds. The van der Waals surface area contributed by atoms with E-state index in [0.717, 1.165) is 35.7 Å². The molecular formula is C24H28N2O2S. The number of fused-ring (bicyclic) bond motifs is 1. The second-order valence-electron chi connectivity index (χ2n) is 8.06. The molecule has 0 aromatic heterocycles. The first kappa shape index (κ1) is 19.9. The molecule has 1 aliphatic rings. The zero-order valence-corrected chi connectivity index (χ0v) is 17.9. The van der Waals surface area contributed by atoms with Gasteiger partial charge in [-0.05, 0) is 42.9 Å². The van der Waals surface area contributed by atoms with Gasteiger partial charge in [-0.1, -0.05) is 54.6 Å². The molecule has 0 radical (unpaired) electrons. The van der Waals surface area contributed by atoms with Crippen LogP contribution in [0.2, 0.25) is 0 Å². The van der Waals surface area contributed by atoms with Crippen LogP contribution in [0.3, 0.4) is 0 Å². The van der Waals surface area contributed by atoms with Crippen molar-refractivity contribution in [3.8, 4) is 0 Å². The van der Waals surface area contributed by atoms with Crippen molar-refractivity contribution in [3.05, 3.63) is 72.3 Å². The van der Waals surface area contributed by atoms with Crippen LogP contribution in [0.5, 0.6) is 0 Å². The van der Waals surface area contributed by atoms with Crippen LogP contribution in [0, 0.1) is 5.92 Å². The number of sulfonamides is 1. The van der Waals surface area contributed by atoms with Crippen LogP contribution >= 0.6 is 0 Å². The average Bonchev–Trinajstić information content (AvgIpc) is 2.74. The van der Waals surface area contributed by atoms with Gasteiger partial charge in [-0.15, -0.1) is 0 Å². The van der Waals surface area contributed by atoms with Gasteiger partial charge in [0.15, 0.2) is 0 Å². The minimum absolute atomic E-state index is 0.417. The van der Waals surface area contributed by atoms with Gasteiger partial charge in [0.2, 0.25) is 10.0 Å². The highest BCUT2D eigenvalue weighted by atomic mass is 32.2. The molecule has 0 bridgehead atoms. The summed E-state index contributed by atoms with van der Waals surface area (Å²) in [5.74, 6) is 0.539. The van der Waals surface area contributed by atoms with Crippen molar-refractivity contribution < 1.29 is 8.42 Å². The smallest absolute Gasteiger partial charge is 0.243 e. The number of nitrogens with zero attached hydrogens (tertiary/aromatic N) is 2. The first-order valence-electron chi connectivity index (χ1n) is 10.2. The minimum atomic E-state index is -3.51. The predicted molar refractivity (Wildman–Crippen MR) is 120 cm³/mol. The Kier molecular flexibility index (Phi) is 5.61. The fourth-order valence-corrected chi connectivity index (χ4v) is 6.00. The molecule has 152 valence electrons. The van der Waals surface area contributed by atoms with E-state index in [2.05, 4.69) is 24.3 Å². The molecule has 4 rings (SSSR count). The molecule has 1 saturated heterocycles. The summed E-state index contributed by atoms with van der Waals surface area (Å²) in [6, 6.07) is 21.9. The Labute approximate surface area is 173 Å². The summed E-state index contributed by atoms with van der Waals surface area (Å²) in [5.41, 5.74) is 2.36. The van der Waals surface area contributed by atoms with E-state index < -0.39 is 10.0 Å². The topological polar surface area (TPSA) is 40.6 Å². The van der Waals surface area contributed by atoms with Crippen LogP contribution in [-0.2, 0) is 16.4 Å². The van der Waals surface area contributed by atoms with Crippen LogP contribution in [0.15, 0.2) is 71.6 Å². The van der Waals surface area contributed by atoms with Gasteiger partial charge in [0.1, 0.15) is 0 Å². The monoisotopic (exact) mass is 408 g/mol. The van der Waals surface area contributed by atoms with E-state index >= 15 is 0 Å². The molecule has 0 unspecified atom stereocenters. The summed E-state index contributed by atoms with van der Waals surface area (Å²) in [6.07, 6.45) is 2.83. The quantitative estimate of drug-likeness (QED) is 0.622. The Morgan fingerprint density at radius 2 is 1.52 bits per heavy atom. The summed E-state index contributed by atoms with van der Waals surface area (Å²) in [7, 11) is 0.447. The molecule has 0 aliphatic carbocycles. The average molecular weight is 409 g/mol. The molecule has 0 atom stereocenters. The van der Waals surface area contributed by atoms with Crippen molar-refractivity contribution in [1.82, 2.24) is 4.31 Å². The van der Waals surface area contributed by atoms with E-state index in [0.29, 0.717) is 23.9 Å². The summed E-state index contributed by atoms with van der Waals surface area (Å²) in [6.45, 7) is 1.17. The molecule has 4 nitrogen and oxygen atoms in total. The lowest BCUT2D eigenvalue weighted by Gasteiger charge is -2.31. The van der Waals surface area contributed by atoms with Crippen LogP contribution in [0.25, 0.3) is 10.8 Å².